The third-order valence-electron chi connectivity index (χ3n) is 3.33. The highest BCUT2D eigenvalue weighted by atomic mass is 35.5. The first-order chi connectivity index (χ1) is 9.20. The quantitative estimate of drug-likeness (QED) is 0.805. The van der Waals surface area contributed by atoms with Gasteiger partial charge in [-0.25, -0.2) is 0 Å². The zero-order valence-electron chi connectivity index (χ0n) is 10.2. The summed E-state index contributed by atoms with van der Waals surface area (Å²) in [6, 6.07) is 11.0. The van der Waals surface area contributed by atoms with Gasteiger partial charge in [-0.2, -0.15) is 0 Å². The number of nitrogens with zero attached hydrogens (tertiary/aromatic N) is 1. The fourth-order valence-corrected chi connectivity index (χ4v) is 2.34. The summed E-state index contributed by atoms with van der Waals surface area (Å²) in [4.78, 5) is 23.1. The molecule has 96 valence electrons. The second-order valence-corrected chi connectivity index (χ2v) is 5.14. The zero-order valence-corrected chi connectivity index (χ0v) is 10.9. The van der Waals surface area contributed by atoms with Crippen molar-refractivity contribution in [2.45, 2.75) is 18.9 Å². The molecule has 1 aromatic carbocycles. The molecule has 0 atom stereocenters. The molecule has 1 fully saturated rings. The molecule has 3 rings (SSSR count). The van der Waals surface area contributed by atoms with E-state index in [2.05, 4.69) is 0 Å². The Morgan fingerprint density at radius 1 is 1.11 bits per heavy atom. The normalized spacial score (nSPS) is 14.4. The standard InChI is InChI=1S/C15H12ClNO2/c16-12-4-1-10(2-5-12)14-8-3-11(9-18)15(19)17(14)13-6-7-13/h1-5,8-9,13H,6-7H2. The van der Waals surface area contributed by atoms with Crippen LogP contribution in [-0.4, -0.2) is 10.9 Å². The summed E-state index contributed by atoms with van der Waals surface area (Å²) in [7, 11) is 0. The fraction of sp³-hybridized carbons (Fsp3) is 0.200. The third kappa shape index (κ3) is 2.22. The van der Waals surface area contributed by atoms with Crippen LogP contribution in [-0.2, 0) is 0 Å². The van der Waals surface area contributed by atoms with Crippen LogP contribution in [0.4, 0.5) is 0 Å². The van der Waals surface area contributed by atoms with Gasteiger partial charge in [0.2, 0.25) is 0 Å². The summed E-state index contributed by atoms with van der Waals surface area (Å²) in [5.41, 5.74) is 1.79. The maximum Gasteiger partial charge on any atom is 0.261 e. The van der Waals surface area contributed by atoms with Crippen LogP contribution >= 0.6 is 11.6 Å². The van der Waals surface area contributed by atoms with Gasteiger partial charge in [0, 0.05) is 11.1 Å². The monoisotopic (exact) mass is 273 g/mol. The van der Waals surface area contributed by atoms with E-state index in [1.807, 2.05) is 18.2 Å². The lowest BCUT2D eigenvalue weighted by Crippen LogP contribution is -2.24. The first-order valence-corrected chi connectivity index (χ1v) is 6.55. The predicted molar refractivity (Wildman–Crippen MR) is 74.8 cm³/mol. The zero-order chi connectivity index (χ0) is 13.4. The van der Waals surface area contributed by atoms with E-state index in [9.17, 15) is 9.59 Å². The molecular weight excluding hydrogens is 262 g/mol. The summed E-state index contributed by atoms with van der Waals surface area (Å²) >= 11 is 5.88. The molecule has 0 bridgehead atoms. The number of rotatable bonds is 3. The van der Waals surface area contributed by atoms with Gasteiger partial charge in [0.15, 0.2) is 6.29 Å². The minimum Gasteiger partial charge on any atom is -0.305 e. The van der Waals surface area contributed by atoms with Crippen LogP contribution in [0.15, 0.2) is 41.2 Å². The van der Waals surface area contributed by atoms with Crippen molar-refractivity contribution >= 4 is 17.9 Å². The first-order valence-electron chi connectivity index (χ1n) is 6.17. The van der Waals surface area contributed by atoms with E-state index in [0.29, 0.717) is 11.3 Å². The number of halogens is 1. The minimum atomic E-state index is -0.204. The Labute approximate surface area is 115 Å². The summed E-state index contributed by atoms with van der Waals surface area (Å²) in [6.07, 6.45) is 2.60. The van der Waals surface area contributed by atoms with Gasteiger partial charge in [-0.3, -0.25) is 9.59 Å². The highest BCUT2D eigenvalue weighted by Crippen LogP contribution is 2.37. The lowest BCUT2D eigenvalue weighted by molar-refractivity contribution is 0.112. The molecule has 0 radical (unpaired) electrons. The largest absolute Gasteiger partial charge is 0.305 e. The van der Waals surface area contributed by atoms with Crippen LogP contribution in [0, 0.1) is 0 Å². The number of hydrogen-bond acceptors (Lipinski definition) is 2. The highest BCUT2D eigenvalue weighted by molar-refractivity contribution is 6.30. The lowest BCUT2D eigenvalue weighted by atomic mass is 10.1. The van der Waals surface area contributed by atoms with E-state index in [-0.39, 0.29) is 17.2 Å². The number of hydrogen-bond donors (Lipinski definition) is 0. The van der Waals surface area contributed by atoms with Crippen LogP contribution < -0.4 is 5.56 Å². The maximum absolute atomic E-state index is 12.2. The van der Waals surface area contributed by atoms with Crippen molar-refractivity contribution in [1.82, 2.24) is 4.57 Å². The van der Waals surface area contributed by atoms with Gasteiger partial charge in [0.05, 0.1) is 11.3 Å². The smallest absolute Gasteiger partial charge is 0.261 e. The van der Waals surface area contributed by atoms with Crippen molar-refractivity contribution < 1.29 is 4.79 Å². The molecule has 0 unspecified atom stereocenters. The number of aromatic nitrogens is 1. The van der Waals surface area contributed by atoms with Gasteiger partial charge in [0.25, 0.3) is 5.56 Å². The number of pyridine rings is 1. The number of carbonyl (C=O) groups is 1. The third-order valence-corrected chi connectivity index (χ3v) is 3.58. The Balaban J connectivity index is 2.20. The van der Waals surface area contributed by atoms with Gasteiger partial charge in [-0.15, -0.1) is 0 Å². The Bertz CT molecular complexity index is 684. The molecule has 1 aromatic heterocycles. The number of aldehydes is 1. The van der Waals surface area contributed by atoms with E-state index < -0.39 is 0 Å². The second-order valence-electron chi connectivity index (χ2n) is 4.70. The van der Waals surface area contributed by atoms with E-state index in [4.69, 9.17) is 11.6 Å². The summed E-state index contributed by atoms with van der Waals surface area (Å²) in [5, 5.41) is 0.661. The summed E-state index contributed by atoms with van der Waals surface area (Å²) in [6.45, 7) is 0. The molecule has 2 aromatic rings. The van der Waals surface area contributed by atoms with Gasteiger partial charge in [0.1, 0.15) is 0 Å². The topological polar surface area (TPSA) is 39.1 Å². The van der Waals surface area contributed by atoms with Gasteiger partial charge >= 0.3 is 0 Å². The Morgan fingerprint density at radius 2 is 1.79 bits per heavy atom. The predicted octanol–water partition coefficient (Wildman–Crippen LogP) is 3.32. The second kappa shape index (κ2) is 4.67. The van der Waals surface area contributed by atoms with Crippen LogP contribution in [0.25, 0.3) is 11.3 Å². The average Bonchev–Trinajstić information content (AvgIpc) is 3.23. The van der Waals surface area contributed by atoms with Gasteiger partial charge in [-0.05, 0) is 42.7 Å². The number of carbonyl (C=O) groups excluding carboxylic acids is 1. The summed E-state index contributed by atoms with van der Waals surface area (Å²) in [5.74, 6) is 0. The van der Waals surface area contributed by atoms with Crippen LogP contribution in [0.3, 0.4) is 0 Å². The first kappa shape index (κ1) is 12.2. The molecule has 1 saturated carbocycles. The Morgan fingerprint density at radius 3 is 2.37 bits per heavy atom. The summed E-state index contributed by atoms with van der Waals surface area (Å²) < 4.78 is 1.73. The number of benzene rings is 1. The average molecular weight is 274 g/mol. The molecule has 0 N–H and O–H groups in total. The van der Waals surface area contributed by atoms with Gasteiger partial charge in [-0.1, -0.05) is 23.7 Å². The van der Waals surface area contributed by atoms with E-state index in [1.54, 1.807) is 22.8 Å². The molecule has 19 heavy (non-hydrogen) atoms. The molecule has 0 saturated heterocycles. The van der Waals surface area contributed by atoms with Crippen LogP contribution in [0.5, 0.6) is 0 Å². The molecule has 0 spiro atoms. The molecular formula is C15H12ClNO2. The van der Waals surface area contributed by atoms with E-state index >= 15 is 0 Å². The maximum atomic E-state index is 12.2. The molecule has 0 amide bonds. The van der Waals surface area contributed by atoms with Crippen LogP contribution in [0.2, 0.25) is 5.02 Å². The molecule has 1 aliphatic carbocycles. The minimum absolute atomic E-state index is 0.204. The molecule has 1 aliphatic rings. The van der Waals surface area contributed by atoms with Crippen LogP contribution in [0.1, 0.15) is 29.2 Å². The Hall–Kier alpha value is -1.87. The molecule has 1 heterocycles. The Kier molecular flexibility index (Phi) is 2.99. The van der Waals surface area contributed by atoms with Crippen molar-refractivity contribution in [2.75, 3.05) is 0 Å². The van der Waals surface area contributed by atoms with Gasteiger partial charge < -0.3 is 4.57 Å². The molecule has 0 aliphatic heterocycles. The molecule has 4 heteroatoms. The molecule has 3 nitrogen and oxygen atoms in total. The van der Waals surface area contributed by atoms with Crippen molar-refractivity contribution in [3.05, 3.63) is 57.3 Å². The highest BCUT2D eigenvalue weighted by Gasteiger charge is 2.27. The van der Waals surface area contributed by atoms with Crippen molar-refractivity contribution in [2.24, 2.45) is 0 Å². The van der Waals surface area contributed by atoms with E-state index in [1.165, 1.54) is 0 Å². The SMILES string of the molecule is O=Cc1ccc(-c2ccc(Cl)cc2)n(C2CC2)c1=O. The van der Waals surface area contributed by atoms with Crippen molar-refractivity contribution in [3.63, 3.8) is 0 Å². The fourth-order valence-electron chi connectivity index (χ4n) is 2.21. The van der Waals surface area contributed by atoms with Crippen molar-refractivity contribution in [3.8, 4) is 11.3 Å². The van der Waals surface area contributed by atoms with E-state index in [0.717, 1.165) is 24.1 Å². The van der Waals surface area contributed by atoms with Crippen molar-refractivity contribution in [1.29, 1.82) is 0 Å². The lowest BCUT2D eigenvalue weighted by Gasteiger charge is -2.12.